The van der Waals surface area contributed by atoms with Crippen LogP contribution in [0.3, 0.4) is 0 Å². The van der Waals surface area contributed by atoms with Gasteiger partial charge in [0.2, 0.25) is 15.9 Å². The smallest absolute Gasteiger partial charge is 0.246 e. The summed E-state index contributed by atoms with van der Waals surface area (Å²) in [4.78, 5) is 14.2. The van der Waals surface area contributed by atoms with Crippen molar-refractivity contribution in [3.63, 3.8) is 0 Å². The molecule has 1 aliphatic heterocycles. The van der Waals surface area contributed by atoms with Crippen LogP contribution in [0.15, 0.2) is 4.90 Å². The molecule has 1 amide bonds. The molecule has 1 unspecified atom stereocenters. The highest BCUT2D eigenvalue weighted by atomic mass is 35.5. The number of aromatic nitrogens is 2. The standard InChI is InChI=1S/C14H24N4O3S.ClH/c1-5-17(4)14(19)12-7-6-8-18(9-12)22(20,21)13-10(2)15-16-11(13)3;/h12H,5-9H2,1-4H3,(H,15,16);1H. The van der Waals surface area contributed by atoms with Gasteiger partial charge < -0.3 is 4.90 Å². The summed E-state index contributed by atoms with van der Waals surface area (Å²) in [6, 6.07) is 0. The number of aromatic amines is 1. The van der Waals surface area contributed by atoms with Crippen LogP contribution in [-0.4, -0.2) is 60.4 Å². The first-order valence-corrected chi connectivity index (χ1v) is 8.99. The van der Waals surface area contributed by atoms with Crippen LogP contribution in [0.2, 0.25) is 0 Å². The first-order valence-electron chi connectivity index (χ1n) is 7.55. The van der Waals surface area contributed by atoms with E-state index in [1.54, 1.807) is 25.8 Å². The number of carbonyl (C=O) groups excluding carboxylic acids is 1. The molecule has 0 saturated carbocycles. The third-order valence-electron chi connectivity index (χ3n) is 4.24. The van der Waals surface area contributed by atoms with Crippen molar-refractivity contribution < 1.29 is 13.2 Å². The average molecular weight is 365 g/mol. The Bertz CT molecular complexity index is 639. The molecule has 1 aromatic rings. The van der Waals surface area contributed by atoms with E-state index in [-0.39, 0.29) is 35.7 Å². The second-order valence-corrected chi connectivity index (χ2v) is 7.69. The Morgan fingerprint density at radius 3 is 2.61 bits per heavy atom. The lowest BCUT2D eigenvalue weighted by atomic mass is 9.98. The van der Waals surface area contributed by atoms with Gasteiger partial charge in [0.05, 0.1) is 17.3 Å². The fourth-order valence-corrected chi connectivity index (χ4v) is 4.74. The fraction of sp³-hybridized carbons (Fsp3) is 0.714. The van der Waals surface area contributed by atoms with Crippen molar-refractivity contribution >= 4 is 28.3 Å². The second-order valence-electron chi connectivity index (χ2n) is 5.82. The van der Waals surface area contributed by atoms with Crippen LogP contribution >= 0.6 is 12.4 Å². The van der Waals surface area contributed by atoms with Gasteiger partial charge in [-0.15, -0.1) is 12.4 Å². The van der Waals surface area contributed by atoms with Crippen molar-refractivity contribution in [2.45, 2.75) is 38.5 Å². The molecule has 7 nitrogen and oxygen atoms in total. The molecule has 0 spiro atoms. The molecule has 132 valence electrons. The van der Waals surface area contributed by atoms with E-state index >= 15 is 0 Å². The number of amides is 1. The highest BCUT2D eigenvalue weighted by molar-refractivity contribution is 7.89. The van der Waals surface area contributed by atoms with E-state index in [2.05, 4.69) is 10.2 Å². The molecule has 23 heavy (non-hydrogen) atoms. The predicted molar refractivity (Wildman–Crippen MR) is 90.1 cm³/mol. The van der Waals surface area contributed by atoms with Gasteiger partial charge in [-0.1, -0.05) is 0 Å². The first-order chi connectivity index (χ1) is 10.3. The number of hydrogen-bond donors (Lipinski definition) is 1. The van der Waals surface area contributed by atoms with Gasteiger partial charge >= 0.3 is 0 Å². The zero-order chi connectivity index (χ0) is 16.5. The molecule has 9 heteroatoms. The van der Waals surface area contributed by atoms with Crippen LogP contribution < -0.4 is 0 Å². The van der Waals surface area contributed by atoms with Crippen molar-refractivity contribution in [2.24, 2.45) is 5.92 Å². The van der Waals surface area contributed by atoms with Crippen LogP contribution in [0, 0.1) is 19.8 Å². The summed E-state index contributed by atoms with van der Waals surface area (Å²) in [6.07, 6.45) is 1.43. The fourth-order valence-electron chi connectivity index (χ4n) is 2.88. The van der Waals surface area contributed by atoms with Crippen molar-refractivity contribution in [1.82, 2.24) is 19.4 Å². The molecular weight excluding hydrogens is 340 g/mol. The van der Waals surface area contributed by atoms with Crippen LogP contribution in [0.1, 0.15) is 31.2 Å². The third kappa shape index (κ3) is 3.87. The zero-order valence-corrected chi connectivity index (χ0v) is 15.6. The van der Waals surface area contributed by atoms with E-state index in [0.29, 0.717) is 30.9 Å². The van der Waals surface area contributed by atoms with Gasteiger partial charge in [0.1, 0.15) is 4.90 Å². The molecule has 1 saturated heterocycles. The third-order valence-corrected chi connectivity index (χ3v) is 6.37. The molecule has 1 fully saturated rings. The minimum Gasteiger partial charge on any atom is -0.346 e. The quantitative estimate of drug-likeness (QED) is 0.873. The molecule has 0 aliphatic carbocycles. The van der Waals surface area contributed by atoms with Gasteiger partial charge in [-0.05, 0) is 33.6 Å². The molecular formula is C14H25ClN4O3S. The average Bonchev–Trinajstić information content (AvgIpc) is 2.85. The van der Waals surface area contributed by atoms with E-state index < -0.39 is 10.0 Å². The van der Waals surface area contributed by atoms with E-state index in [9.17, 15) is 13.2 Å². The summed E-state index contributed by atoms with van der Waals surface area (Å²) < 4.78 is 27.1. The monoisotopic (exact) mass is 364 g/mol. The molecule has 0 radical (unpaired) electrons. The van der Waals surface area contributed by atoms with Gasteiger partial charge in [-0.2, -0.15) is 9.40 Å². The van der Waals surface area contributed by atoms with Crippen molar-refractivity contribution in [3.8, 4) is 0 Å². The maximum Gasteiger partial charge on any atom is 0.246 e. The van der Waals surface area contributed by atoms with Crippen LogP contribution in [0.5, 0.6) is 0 Å². The summed E-state index contributed by atoms with van der Waals surface area (Å²) in [7, 11) is -1.86. The van der Waals surface area contributed by atoms with Crippen molar-refractivity contribution in [1.29, 1.82) is 0 Å². The lowest BCUT2D eigenvalue weighted by molar-refractivity contribution is -0.135. The number of nitrogens with one attached hydrogen (secondary N) is 1. The molecule has 2 heterocycles. The summed E-state index contributed by atoms with van der Waals surface area (Å²) in [5, 5.41) is 6.68. The van der Waals surface area contributed by atoms with E-state index in [0.717, 1.165) is 6.42 Å². The Hall–Kier alpha value is -1.12. The first kappa shape index (κ1) is 19.9. The normalized spacial score (nSPS) is 19.2. The second kappa shape index (κ2) is 7.63. The van der Waals surface area contributed by atoms with E-state index in [4.69, 9.17) is 0 Å². The van der Waals surface area contributed by atoms with Crippen LogP contribution in [0.25, 0.3) is 0 Å². The molecule has 1 atom stereocenters. The number of sulfonamides is 1. The summed E-state index contributed by atoms with van der Waals surface area (Å²) >= 11 is 0. The zero-order valence-electron chi connectivity index (χ0n) is 14.0. The lowest BCUT2D eigenvalue weighted by Gasteiger charge is -2.33. The minimum atomic E-state index is -3.61. The minimum absolute atomic E-state index is 0. The number of carbonyl (C=O) groups is 1. The largest absolute Gasteiger partial charge is 0.346 e. The van der Waals surface area contributed by atoms with E-state index in [1.807, 2.05) is 6.92 Å². The summed E-state index contributed by atoms with van der Waals surface area (Å²) in [5.74, 6) is -0.246. The Kier molecular flexibility index (Phi) is 6.61. The van der Waals surface area contributed by atoms with Gasteiger partial charge in [0, 0.05) is 26.7 Å². The Balaban J connectivity index is 0.00000264. The Labute approximate surface area is 143 Å². The maximum atomic E-state index is 12.8. The lowest BCUT2D eigenvalue weighted by Crippen LogP contribution is -2.45. The molecule has 1 aliphatic rings. The van der Waals surface area contributed by atoms with Gasteiger partial charge in [-0.3, -0.25) is 9.89 Å². The van der Waals surface area contributed by atoms with Crippen LogP contribution in [-0.2, 0) is 14.8 Å². The number of hydrogen-bond acceptors (Lipinski definition) is 4. The molecule has 2 rings (SSSR count). The van der Waals surface area contributed by atoms with Gasteiger partial charge in [0.25, 0.3) is 0 Å². The molecule has 0 aromatic carbocycles. The molecule has 0 bridgehead atoms. The Morgan fingerprint density at radius 1 is 1.43 bits per heavy atom. The topological polar surface area (TPSA) is 86.4 Å². The van der Waals surface area contributed by atoms with Gasteiger partial charge in [0.15, 0.2) is 0 Å². The van der Waals surface area contributed by atoms with E-state index in [1.165, 1.54) is 4.31 Å². The maximum absolute atomic E-state index is 12.8. The SMILES string of the molecule is CCN(C)C(=O)C1CCCN(S(=O)(=O)c2c(C)n[nH]c2C)C1.Cl. The van der Waals surface area contributed by atoms with Crippen molar-refractivity contribution in [2.75, 3.05) is 26.7 Å². The van der Waals surface area contributed by atoms with Gasteiger partial charge in [-0.25, -0.2) is 8.42 Å². The molecule has 1 N–H and O–H groups in total. The number of H-pyrrole nitrogens is 1. The highest BCUT2D eigenvalue weighted by Crippen LogP contribution is 2.27. The number of halogens is 1. The predicted octanol–water partition coefficient (Wildman–Crippen LogP) is 1.33. The Morgan fingerprint density at radius 2 is 2.09 bits per heavy atom. The van der Waals surface area contributed by atoms with Crippen LogP contribution in [0.4, 0.5) is 0 Å². The van der Waals surface area contributed by atoms with Crippen molar-refractivity contribution in [3.05, 3.63) is 11.4 Å². The number of rotatable bonds is 4. The highest BCUT2D eigenvalue weighted by Gasteiger charge is 2.36. The molecule has 1 aromatic heterocycles. The summed E-state index contributed by atoms with van der Waals surface area (Å²) in [5.41, 5.74) is 1.01. The number of aryl methyl sites for hydroxylation is 2. The number of nitrogens with zero attached hydrogens (tertiary/aromatic N) is 3. The summed E-state index contributed by atoms with van der Waals surface area (Å²) in [6.45, 7) is 6.61. The number of piperidine rings is 1.